The zero-order valence-corrected chi connectivity index (χ0v) is 33.7. The number of aliphatic hydroxyl groups is 5. The molecule has 1 aliphatic carbocycles. The first-order valence-corrected chi connectivity index (χ1v) is 22.2. The van der Waals surface area contributed by atoms with E-state index in [0.29, 0.717) is 13.0 Å². The van der Waals surface area contributed by atoms with Crippen molar-refractivity contribution in [3.8, 4) is 0 Å². The molecule has 1 rings (SSSR count). The molecule has 0 aliphatic heterocycles. The highest BCUT2D eigenvalue weighted by atomic mass is 31.2. The number of hydrogen-bond acceptors (Lipinski definition) is 11. The normalized spacial score (nSPS) is 23.8. The third-order valence-corrected chi connectivity index (χ3v) is 10.6. The minimum Gasteiger partial charge on any atom is -0.457 e. The smallest absolute Gasteiger partial charge is 0.457 e. The maximum Gasteiger partial charge on any atom is 0.472 e. The van der Waals surface area contributed by atoms with Gasteiger partial charge in [-0.15, -0.1) is 0 Å². The molecule has 1 saturated carbocycles. The Morgan fingerprint density at radius 3 is 1.62 bits per heavy atom. The van der Waals surface area contributed by atoms with Crippen LogP contribution in [0.4, 0.5) is 0 Å². The number of unbranched alkanes of at least 4 members (excludes halogenated alkanes) is 18. The van der Waals surface area contributed by atoms with Crippen LogP contribution in [0.25, 0.3) is 0 Å². The van der Waals surface area contributed by atoms with E-state index in [4.69, 9.17) is 18.5 Å². The molecular formula is C40H75O12P. The summed E-state index contributed by atoms with van der Waals surface area (Å²) in [5, 5.41) is 50.0. The first-order valence-electron chi connectivity index (χ1n) is 20.7. The van der Waals surface area contributed by atoms with Gasteiger partial charge in [0.25, 0.3) is 0 Å². The first kappa shape index (κ1) is 49.8. The molecule has 6 atom stereocenters. The van der Waals surface area contributed by atoms with Crippen LogP contribution in [0.2, 0.25) is 0 Å². The standard InChI is InChI=1S/C40H75O12P/c1-3-5-7-9-11-13-15-16-17-18-19-20-22-24-26-28-30-49-31-33(51-34(41)29-27-25-23-21-14-12-10-8-6-4-2)32-50-53(47,48)52-40-38(45)36(43)35(42)37(44)39(40)46/h11,13,16-17,33,35-40,42-46H,3-10,12,14-15,18-32H2,1-2H3,(H,47,48)/b13-11-,17-16-. The summed E-state index contributed by atoms with van der Waals surface area (Å²) in [6.45, 7) is 4.18. The van der Waals surface area contributed by atoms with Crippen molar-refractivity contribution >= 4 is 13.8 Å². The second-order valence-electron chi connectivity index (χ2n) is 14.5. The summed E-state index contributed by atoms with van der Waals surface area (Å²) in [4.78, 5) is 23.0. The van der Waals surface area contributed by atoms with E-state index >= 15 is 0 Å². The van der Waals surface area contributed by atoms with Crippen molar-refractivity contribution < 1.29 is 58.3 Å². The van der Waals surface area contributed by atoms with E-state index in [1.54, 1.807) is 0 Å². The molecule has 312 valence electrons. The quantitative estimate of drug-likeness (QED) is 0.0165. The third-order valence-electron chi connectivity index (χ3n) is 9.58. The topological polar surface area (TPSA) is 192 Å². The van der Waals surface area contributed by atoms with E-state index in [2.05, 4.69) is 38.2 Å². The van der Waals surface area contributed by atoms with Crippen molar-refractivity contribution in [2.45, 2.75) is 204 Å². The number of phosphoric acid groups is 1. The van der Waals surface area contributed by atoms with Gasteiger partial charge in [0, 0.05) is 13.0 Å². The summed E-state index contributed by atoms with van der Waals surface area (Å²) in [7, 11) is -5.01. The van der Waals surface area contributed by atoms with Gasteiger partial charge in [-0.05, 0) is 44.9 Å². The van der Waals surface area contributed by atoms with Crippen LogP contribution in [0.3, 0.4) is 0 Å². The number of esters is 1. The lowest BCUT2D eigenvalue weighted by Gasteiger charge is -2.41. The lowest BCUT2D eigenvalue weighted by molar-refractivity contribution is -0.220. The molecule has 0 spiro atoms. The van der Waals surface area contributed by atoms with Gasteiger partial charge in [-0.3, -0.25) is 13.8 Å². The van der Waals surface area contributed by atoms with Gasteiger partial charge >= 0.3 is 13.8 Å². The molecule has 6 unspecified atom stereocenters. The van der Waals surface area contributed by atoms with Crippen molar-refractivity contribution in [2.75, 3.05) is 19.8 Å². The third kappa shape index (κ3) is 24.8. The summed E-state index contributed by atoms with van der Waals surface area (Å²) in [6, 6.07) is 0. The minimum atomic E-state index is -5.01. The monoisotopic (exact) mass is 778 g/mol. The van der Waals surface area contributed by atoms with Crippen LogP contribution < -0.4 is 0 Å². The summed E-state index contributed by atoms with van der Waals surface area (Å²) < 4.78 is 34.0. The predicted octanol–water partition coefficient (Wildman–Crippen LogP) is 7.36. The zero-order valence-electron chi connectivity index (χ0n) is 32.8. The van der Waals surface area contributed by atoms with Crippen molar-refractivity contribution in [2.24, 2.45) is 0 Å². The fourth-order valence-corrected chi connectivity index (χ4v) is 7.18. The molecule has 0 saturated heterocycles. The highest BCUT2D eigenvalue weighted by Gasteiger charge is 2.51. The molecule has 53 heavy (non-hydrogen) atoms. The SMILES string of the molecule is CCCCC/C=C\C/C=C\CCCCCCCCOCC(COP(=O)(O)OC1C(O)C(O)C(O)C(O)C1O)OC(=O)CCCCCCCCCCCC. The molecule has 0 aromatic heterocycles. The van der Waals surface area contributed by atoms with Crippen LogP contribution in [0.5, 0.6) is 0 Å². The molecule has 0 amide bonds. The molecule has 0 aromatic carbocycles. The summed E-state index contributed by atoms with van der Waals surface area (Å²) in [5.41, 5.74) is 0. The Bertz CT molecular complexity index is 979. The van der Waals surface area contributed by atoms with Crippen molar-refractivity contribution in [1.29, 1.82) is 0 Å². The molecule has 0 bridgehead atoms. The Balaban J connectivity index is 2.44. The number of aliphatic hydroxyl groups excluding tert-OH is 5. The lowest BCUT2D eigenvalue weighted by atomic mass is 9.85. The molecular weight excluding hydrogens is 703 g/mol. The van der Waals surface area contributed by atoms with Gasteiger partial charge in [-0.25, -0.2) is 4.57 Å². The number of hydrogen-bond donors (Lipinski definition) is 6. The summed E-state index contributed by atoms with van der Waals surface area (Å²) in [6.07, 6.45) is 21.1. The zero-order chi connectivity index (χ0) is 39.2. The highest BCUT2D eigenvalue weighted by Crippen LogP contribution is 2.47. The fraction of sp³-hybridized carbons (Fsp3) is 0.875. The predicted molar refractivity (Wildman–Crippen MR) is 207 cm³/mol. The van der Waals surface area contributed by atoms with Crippen LogP contribution in [0.15, 0.2) is 24.3 Å². The van der Waals surface area contributed by atoms with Crippen molar-refractivity contribution in [1.82, 2.24) is 0 Å². The van der Waals surface area contributed by atoms with E-state index in [1.165, 1.54) is 77.0 Å². The van der Waals surface area contributed by atoms with Crippen molar-refractivity contribution in [3.63, 3.8) is 0 Å². The van der Waals surface area contributed by atoms with E-state index in [9.17, 15) is 39.8 Å². The molecule has 12 nitrogen and oxygen atoms in total. The first-order chi connectivity index (χ1) is 25.5. The number of carbonyl (C=O) groups excluding carboxylic acids is 1. The highest BCUT2D eigenvalue weighted by molar-refractivity contribution is 7.47. The molecule has 0 radical (unpaired) electrons. The Kier molecular flexibility index (Phi) is 30.1. The van der Waals surface area contributed by atoms with Crippen LogP contribution in [-0.2, 0) is 27.9 Å². The van der Waals surface area contributed by atoms with Crippen LogP contribution in [0.1, 0.15) is 162 Å². The molecule has 6 N–H and O–H groups in total. The molecule has 0 heterocycles. The Hall–Kier alpha value is -1.18. The van der Waals surface area contributed by atoms with Gasteiger partial charge in [-0.1, -0.05) is 134 Å². The molecule has 13 heteroatoms. The largest absolute Gasteiger partial charge is 0.472 e. The fourth-order valence-electron chi connectivity index (χ4n) is 6.21. The Morgan fingerprint density at radius 1 is 0.604 bits per heavy atom. The van der Waals surface area contributed by atoms with Crippen LogP contribution in [0, 0.1) is 0 Å². The van der Waals surface area contributed by atoms with E-state index in [1.807, 2.05) is 0 Å². The van der Waals surface area contributed by atoms with Crippen LogP contribution in [-0.4, -0.2) is 98.9 Å². The maximum atomic E-state index is 12.7. The number of allylic oxidation sites excluding steroid dienone is 4. The van der Waals surface area contributed by atoms with Gasteiger partial charge in [0.1, 0.15) is 42.7 Å². The van der Waals surface area contributed by atoms with Crippen LogP contribution >= 0.6 is 7.82 Å². The average Bonchev–Trinajstić information content (AvgIpc) is 3.14. The van der Waals surface area contributed by atoms with Gasteiger partial charge in [-0.2, -0.15) is 0 Å². The Morgan fingerprint density at radius 2 is 1.06 bits per heavy atom. The van der Waals surface area contributed by atoms with Gasteiger partial charge in [0.05, 0.1) is 13.2 Å². The number of ether oxygens (including phenoxy) is 2. The van der Waals surface area contributed by atoms with Gasteiger partial charge in [0.2, 0.25) is 0 Å². The number of phosphoric ester groups is 1. The van der Waals surface area contributed by atoms with Gasteiger partial charge in [0.15, 0.2) is 0 Å². The summed E-state index contributed by atoms with van der Waals surface area (Å²) in [5.74, 6) is -0.484. The molecule has 1 aliphatic rings. The number of rotatable bonds is 34. The maximum absolute atomic E-state index is 12.7. The number of carbonyl (C=O) groups is 1. The van der Waals surface area contributed by atoms with Gasteiger partial charge < -0.3 is 39.9 Å². The van der Waals surface area contributed by atoms with E-state index in [-0.39, 0.29) is 13.0 Å². The Labute approximate surface area is 320 Å². The molecule has 0 aromatic rings. The second kappa shape index (κ2) is 32.0. The average molecular weight is 779 g/mol. The van der Waals surface area contributed by atoms with E-state index < -0.39 is 63.1 Å². The van der Waals surface area contributed by atoms with E-state index in [0.717, 1.165) is 57.8 Å². The lowest BCUT2D eigenvalue weighted by Crippen LogP contribution is -2.64. The summed E-state index contributed by atoms with van der Waals surface area (Å²) >= 11 is 0. The molecule has 1 fully saturated rings. The van der Waals surface area contributed by atoms with Crippen molar-refractivity contribution in [3.05, 3.63) is 24.3 Å². The minimum absolute atomic E-state index is 0.0810. The second-order valence-corrected chi connectivity index (χ2v) is 15.9.